The molecule has 0 atom stereocenters. The fourth-order valence-corrected chi connectivity index (χ4v) is 2.22. The van der Waals surface area contributed by atoms with E-state index in [4.69, 9.17) is 0 Å². The third-order valence-electron chi connectivity index (χ3n) is 2.50. The second-order valence-corrected chi connectivity index (χ2v) is 4.78. The topological polar surface area (TPSA) is 26.3 Å². The largest absolute Gasteiger partial charge is 0.469 e. The Kier molecular flexibility index (Phi) is 3.43. The summed E-state index contributed by atoms with van der Waals surface area (Å²) in [6, 6.07) is 12.2. The molecule has 0 spiro atoms. The molecule has 82 valence electrons. The summed E-state index contributed by atoms with van der Waals surface area (Å²) in [7, 11) is 1.41. The van der Waals surface area contributed by atoms with Crippen molar-refractivity contribution in [2.45, 2.75) is 6.42 Å². The van der Waals surface area contributed by atoms with Crippen molar-refractivity contribution in [1.82, 2.24) is 0 Å². The number of carbonyl (C=O) groups excluding carboxylic acids is 1. The molecule has 0 aliphatic rings. The van der Waals surface area contributed by atoms with Gasteiger partial charge in [-0.2, -0.15) is 0 Å². The Morgan fingerprint density at radius 2 is 2.12 bits per heavy atom. The summed E-state index contributed by atoms with van der Waals surface area (Å²) in [6.07, 6.45) is 0.328. The Hall–Kier alpha value is -1.10. The molecule has 2 rings (SSSR count). The number of halogens is 1. The van der Waals surface area contributed by atoms with Gasteiger partial charge in [0.1, 0.15) is 0 Å². The van der Waals surface area contributed by atoms with Gasteiger partial charge in [0.2, 0.25) is 0 Å². The van der Waals surface area contributed by atoms with E-state index in [1.807, 2.05) is 18.2 Å². The van der Waals surface area contributed by atoms with Crippen molar-refractivity contribution in [3.63, 3.8) is 0 Å². The molecule has 0 saturated heterocycles. The molecule has 0 saturated carbocycles. The summed E-state index contributed by atoms with van der Waals surface area (Å²) in [4.78, 5) is 11.3. The Morgan fingerprint density at radius 3 is 2.88 bits per heavy atom. The highest BCUT2D eigenvalue weighted by Crippen LogP contribution is 2.21. The highest BCUT2D eigenvalue weighted by atomic mass is 127. The summed E-state index contributed by atoms with van der Waals surface area (Å²) in [5.74, 6) is -0.203. The van der Waals surface area contributed by atoms with Crippen LogP contribution in [0.2, 0.25) is 0 Å². The maximum Gasteiger partial charge on any atom is 0.309 e. The van der Waals surface area contributed by atoms with Crippen LogP contribution in [0.25, 0.3) is 10.8 Å². The summed E-state index contributed by atoms with van der Waals surface area (Å²) < 4.78 is 5.88. The molecule has 3 heteroatoms. The first-order valence-corrected chi connectivity index (χ1v) is 6.02. The van der Waals surface area contributed by atoms with Gasteiger partial charge >= 0.3 is 5.97 Å². The normalized spacial score (nSPS) is 10.4. The zero-order chi connectivity index (χ0) is 11.5. The van der Waals surface area contributed by atoms with Gasteiger partial charge in [0, 0.05) is 3.57 Å². The zero-order valence-corrected chi connectivity index (χ0v) is 11.0. The highest BCUT2D eigenvalue weighted by molar-refractivity contribution is 14.1. The van der Waals surface area contributed by atoms with Gasteiger partial charge in [0.05, 0.1) is 13.5 Å². The van der Waals surface area contributed by atoms with Gasteiger partial charge in [-0.3, -0.25) is 4.79 Å². The minimum Gasteiger partial charge on any atom is -0.469 e. The van der Waals surface area contributed by atoms with Crippen LogP contribution in [-0.2, 0) is 16.0 Å². The first-order chi connectivity index (χ1) is 7.70. The molecule has 0 fully saturated rings. The molecule has 16 heavy (non-hydrogen) atoms. The van der Waals surface area contributed by atoms with E-state index in [0.29, 0.717) is 6.42 Å². The van der Waals surface area contributed by atoms with Crippen LogP contribution in [0.15, 0.2) is 36.4 Å². The number of ether oxygens (including phenoxy) is 1. The molecule has 2 nitrogen and oxygen atoms in total. The lowest BCUT2D eigenvalue weighted by atomic mass is 10.0. The third kappa shape index (κ3) is 2.35. The van der Waals surface area contributed by atoms with E-state index in [1.165, 1.54) is 10.7 Å². The van der Waals surface area contributed by atoms with Crippen molar-refractivity contribution in [2.24, 2.45) is 0 Å². The summed E-state index contributed by atoms with van der Waals surface area (Å²) in [5.41, 5.74) is 1.01. The molecule has 2 aromatic rings. The van der Waals surface area contributed by atoms with E-state index < -0.39 is 0 Å². The Bertz CT molecular complexity index is 534. The van der Waals surface area contributed by atoms with E-state index in [2.05, 4.69) is 45.5 Å². The van der Waals surface area contributed by atoms with Gasteiger partial charge in [-0.15, -0.1) is 0 Å². The quantitative estimate of drug-likeness (QED) is 0.626. The number of hydrogen-bond acceptors (Lipinski definition) is 2. The van der Waals surface area contributed by atoms with Crippen molar-refractivity contribution in [3.05, 3.63) is 45.5 Å². The van der Waals surface area contributed by atoms with Crippen LogP contribution in [0.5, 0.6) is 0 Å². The fraction of sp³-hybridized carbons (Fsp3) is 0.154. The lowest BCUT2D eigenvalue weighted by Crippen LogP contribution is -2.04. The number of rotatable bonds is 2. The number of esters is 1. The Labute approximate surface area is 108 Å². The van der Waals surface area contributed by atoms with E-state index in [1.54, 1.807) is 0 Å². The molecule has 0 N–H and O–H groups in total. The number of carbonyl (C=O) groups is 1. The van der Waals surface area contributed by atoms with Crippen LogP contribution >= 0.6 is 22.6 Å². The van der Waals surface area contributed by atoms with E-state index >= 15 is 0 Å². The predicted molar refractivity (Wildman–Crippen MR) is 72.4 cm³/mol. The lowest BCUT2D eigenvalue weighted by molar-refractivity contribution is -0.139. The van der Waals surface area contributed by atoms with Crippen LogP contribution in [0.1, 0.15) is 5.56 Å². The second-order valence-electron chi connectivity index (χ2n) is 3.54. The van der Waals surface area contributed by atoms with Gasteiger partial charge in [0.25, 0.3) is 0 Å². The summed E-state index contributed by atoms with van der Waals surface area (Å²) >= 11 is 2.28. The number of hydrogen-bond donors (Lipinski definition) is 0. The molecule has 0 radical (unpaired) electrons. The smallest absolute Gasteiger partial charge is 0.309 e. The Balaban J connectivity index is 2.49. The van der Waals surface area contributed by atoms with Crippen LogP contribution in [0, 0.1) is 3.57 Å². The highest BCUT2D eigenvalue weighted by Gasteiger charge is 2.06. The fourth-order valence-electron chi connectivity index (χ4n) is 1.70. The molecule has 0 aliphatic heterocycles. The first kappa shape index (κ1) is 11.4. The van der Waals surface area contributed by atoms with Gasteiger partial charge in [0.15, 0.2) is 0 Å². The van der Waals surface area contributed by atoms with Crippen molar-refractivity contribution in [1.29, 1.82) is 0 Å². The van der Waals surface area contributed by atoms with Gasteiger partial charge in [-0.05, 0) is 51.1 Å². The third-order valence-corrected chi connectivity index (χ3v) is 3.17. The average molecular weight is 326 g/mol. The summed E-state index contributed by atoms with van der Waals surface area (Å²) in [5, 5.41) is 2.28. The SMILES string of the molecule is COC(=O)Cc1cccc2cc(I)ccc12. The van der Waals surface area contributed by atoms with Crippen LogP contribution < -0.4 is 0 Å². The van der Waals surface area contributed by atoms with Crippen molar-refractivity contribution in [3.8, 4) is 0 Å². The molecule has 0 heterocycles. The van der Waals surface area contributed by atoms with Crippen molar-refractivity contribution >= 4 is 39.3 Å². The maximum atomic E-state index is 11.3. The molecule has 0 bridgehead atoms. The van der Waals surface area contributed by atoms with Crippen LogP contribution in [-0.4, -0.2) is 13.1 Å². The molecule has 0 amide bonds. The molecular weight excluding hydrogens is 315 g/mol. The monoisotopic (exact) mass is 326 g/mol. The molecule has 0 aliphatic carbocycles. The molecular formula is C13H11IO2. The first-order valence-electron chi connectivity index (χ1n) is 4.94. The molecule has 2 aromatic carbocycles. The maximum absolute atomic E-state index is 11.3. The van der Waals surface area contributed by atoms with Gasteiger partial charge in [-0.25, -0.2) is 0 Å². The van der Waals surface area contributed by atoms with E-state index in [-0.39, 0.29) is 5.97 Å². The second kappa shape index (κ2) is 4.82. The number of benzene rings is 2. The minimum absolute atomic E-state index is 0.203. The van der Waals surface area contributed by atoms with Crippen LogP contribution in [0.3, 0.4) is 0 Å². The predicted octanol–water partition coefficient (Wildman–Crippen LogP) is 3.16. The van der Waals surface area contributed by atoms with Gasteiger partial charge in [-0.1, -0.05) is 24.3 Å². The average Bonchev–Trinajstić information content (AvgIpc) is 2.28. The van der Waals surface area contributed by atoms with Crippen molar-refractivity contribution < 1.29 is 9.53 Å². The number of methoxy groups -OCH3 is 1. The molecule has 0 unspecified atom stereocenters. The minimum atomic E-state index is -0.203. The lowest BCUT2D eigenvalue weighted by Gasteiger charge is -2.05. The number of fused-ring (bicyclic) bond motifs is 1. The Morgan fingerprint density at radius 1 is 1.31 bits per heavy atom. The van der Waals surface area contributed by atoms with Crippen LogP contribution in [0.4, 0.5) is 0 Å². The summed E-state index contributed by atoms with van der Waals surface area (Å²) in [6.45, 7) is 0. The zero-order valence-electron chi connectivity index (χ0n) is 8.87. The standard InChI is InChI=1S/C13H11IO2/c1-16-13(15)8-10-4-2-3-9-7-11(14)5-6-12(9)10/h2-7H,8H2,1H3. The molecule has 0 aromatic heterocycles. The van der Waals surface area contributed by atoms with E-state index in [0.717, 1.165) is 16.3 Å². The van der Waals surface area contributed by atoms with Gasteiger partial charge < -0.3 is 4.74 Å². The van der Waals surface area contributed by atoms with E-state index in [9.17, 15) is 4.79 Å². The van der Waals surface area contributed by atoms with Crippen molar-refractivity contribution in [2.75, 3.05) is 7.11 Å².